The lowest BCUT2D eigenvalue weighted by Crippen LogP contribution is -2.84. The van der Waals surface area contributed by atoms with Crippen molar-refractivity contribution < 1.29 is 9.47 Å². The highest BCUT2D eigenvalue weighted by Crippen LogP contribution is 2.41. The second kappa shape index (κ2) is 8.66. The second-order valence-electron chi connectivity index (χ2n) is 8.75. The van der Waals surface area contributed by atoms with Crippen LogP contribution in [0.4, 0.5) is 0 Å². The van der Waals surface area contributed by atoms with Crippen LogP contribution in [0.1, 0.15) is 38.5 Å². The third-order valence-corrected chi connectivity index (χ3v) is 18.1. The maximum Gasteiger partial charge on any atom is 0.178 e. The Kier molecular flexibility index (Phi) is 6.21. The van der Waals surface area contributed by atoms with Gasteiger partial charge < -0.3 is 9.47 Å². The number of hydrogen-bond donors (Lipinski definition) is 0. The summed E-state index contributed by atoms with van der Waals surface area (Å²) in [6.07, 6.45) is 7.32. The molecule has 0 saturated carbocycles. The van der Waals surface area contributed by atoms with E-state index in [4.69, 9.17) is 9.47 Å². The molecule has 2 unspecified atom stereocenters. The zero-order valence-electron chi connectivity index (χ0n) is 17.4. The summed E-state index contributed by atoms with van der Waals surface area (Å²) in [5.74, 6) is 0. The van der Waals surface area contributed by atoms with Gasteiger partial charge >= 0.3 is 0 Å². The first-order chi connectivity index (χ1) is 13.7. The van der Waals surface area contributed by atoms with Crippen molar-refractivity contribution in [1.29, 1.82) is 0 Å². The summed E-state index contributed by atoms with van der Waals surface area (Å²) < 4.78 is 13.7. The van der Waals surface area contributed by atoms with Crippen molar-refractivity contribution >= 4 is 27.2 Å². The zero-order chi connectivity index (χ0) is 19.5. The van der Waals surface area contributed by atoms with Crippen LogP contribution >= 0.6 is 0 Å². The molecule has 0 aliphatic carbocycles. The molecular formula is C24H34O2Si2. The van der Waals surface area contributed by atoms with Gasteiger partial charge in [0, 0.05) is 13.2 Å². The molecule has 2 aromatic carbocycles. The quantitative estimate of drug-likeness (QED) is 0.697. The molecule has 0 N–H and O–H groups in total. The second-order valence-corrected chi connectivity index (χ2v) is 16.8. The lowest BCUT2D eigenvalue weighted by Gasteiger charge is -2.57. The number of hydrogen-bond acceptors (Lipinski definition) is 2. The van der Waals surface area contributed by atoms with Crippen molar-refractivity contribution in [1.82, 2.24) is 0 Å². The molecule has 4 rings (SSSR count). The minimum Gasteiger partial charge on any atom is -0.381 e. The predicted octanol–water partition coefficient (Wildman–Crippen LogP) is 3.86. The maximum atomic E-state index is 7.00. The fraction of sp³-hybridized carbons (Fsp3) is 0.500. The molecule has 0 radical (unpaired) electrons. The minimum atomic E-state index is -2.34. The Bertz CT molecular complexity index is 696. The highest BCUT2D eigenvalue weighted by Gasteiger charge is 2.63. The summed E-state index contributed by atoms with van der Waals surface area (Å²) in [5, 5.41) is 3.02. The summed E-state index contributed by atoms with van der Waals surface area (Å²) in [6.45, 7) is 6.84. The third-order valence-electron chi connectivity index (χ3n) is 7.02. The van der Waals surface area contributed by atoms with Gasteiger partial charge in [-0.1, -0.05) is 73.8 Å². The van der Waals surface area contributed by atoms with Gasteiger partial charge in [-0.25, -0.2) is 0 Å². The van der Waals surface area contributed by atoms with Gasteiger partial charge in [0.25, 0.3) is 0 Å². The summed E-state index contributed by atoms with van der Waals surface area (Å²) in [6, 6.07) is 22.7. The van der Waals surface area contributed by atoms with Gasteiger partial charge in [-0.15, -0.1) is 0 Å². The zero-order valence-corrected chi connectivity index (χ0v) is 19.6. The molecule has 0 aromatic heterocycles. The minimum absolute atomic E-state index is 0.00988. The summed E-state index contributed by atoms with van der Waals surface area (Å²) in [5.41, 5.74) is 0.305. The topological polar surface area (TPSA) is 18.5 Å². The largest absolute Gasteiger partial charge is 0.381 e. The molecule has 2 aliphatic rings. The molecular weight excluding hydrogens is 376 g/mol. The average molecular weight is 411 g/mol. The SMILES string of the molecule is C[SiH](C)C1([Si](c2ccccc2)(c2ccccc2)C2CCCCO2)CCCCO1. The van der Waals surface area contributed by atoms with Gasteiger partial charge in [0.05, 0.1) is 19.4 Å². The van der Waals surface area contributed by atoms with E-state index >= 15 is 0 Å². The van der Waals surface area contributed by atoms with E-state index in [1.54, 1.807) is 0 Å². The smallest absolute Gasteiger partial charge is 0.178 e. The number of ether oxygens (including phenoxy) is 2. The van der Waals surface area contributed by atoms with Crippen LogP contribution < -0.4 is 10.4 Å². The Balaban J connectivity index is 2.02. The Morgan fingerprint density at radius 2 is 1.43 bits per heavy atom. The van der Waals surface area contributed by atoms with E-state index in [1.165, 1.54) is 48.9 Å². The van der Waals surface area contributed by atoms with E-state index in [0.717, 1.165) is 13.2 Å². The third kappa shape index (κ3) is 3.24. The van der Waals surface area contributed by atoms with Gasteiger partial charge in [0.1, 0.15) is 0 Å². The van der Waals surface area contributed by atoms with Crippen LogP contribution in [0.2, 0.25) is 13.1 Å². The van der Waals surface area contributed by atoms with E-state index in [1.807, 2.05) is 0 Å². The molecule has 150 valence electrons. The molecule has 0 bridgehead atoms. The molecule has 2 aliphatic heterocycles. The van der Waals surface area contributed by atoms with Crippen LogP contribution in [0.3, 0.4) is 0 Å². The van der Waals surface area contributed by atoms with Crippen molar-refractivity contribution in [2.75, 3.05) is 13.2 Å². The van der Waals surface area contributed by atoms with Gasteiger partial charge in [-0.3, -0.25) is 0 Å². The predicted molar refractivity (Wildman–Crippen MR) is 123 cm³/mol. The highest BCUT2D eigenvalue weighted by atomic mass is 28.4. The molecule has 4 heteroatoms. The van der Waals surface area contributed by atoms with Gasteiger partial charge in [-0.05, 0) is 48.9 Å². The Labute approximate surface area is 172 Å². The molecule has 2 aromatic rings. The van der Waals surface area contributed by atoms with Crippen molar-refractivity contribution in [3.63, 3.8) is 0 Å². The molecule has 2 heterocycles. The van der Waals surface area contributed by atoms with Crippen LogP contribution in [0.5, 0.6) is 0 Å². The Hall–Kier alpha value is -1.21. The van der Waals surface area contributed by atoms with Crippen LogP contribution in [0, 0.1) is 0 Å². The summed E-state index contributed by atoms with van der Waals surface area (Å²) >= 11 is 0. The Morgan fingerprint density at radius 3 is 1.89 bits per heavy atom. The lowest BCUT2D eigenvalue weighted by molar-refractivity contribution is 0.00833. The number of rotatable bonds is 5. The molecule has 2 atom stereocenters. The van der Waals surface area contributed by atoms with E-state index in [9.17, 15) is 0 Å². The number of benzene rings is 2. The first-order valence-corrected chi connectivity index (χ1v) is 16.0. The standard InChI is InChI=1S/C24H34O2Si2/c1-27(2)24(18-10-12-20-26-24)28(21-13-5-3-6-14-21,22-15-7-4-8-16-22)23-17-9-11-19-25-23/h3-8,13-16,23,27H,9-12,17-20H2,1-2H3. The van der Waals surface area contributed by atoms with E-state index in [-0.39, 0.29) is 4.85 Å². The summed E-state index contributed by atoms with van der Waals surface area (Å²) in [4.78, 5) is 0.00988. The van der Waals surface area contributed by atoms with Crippen LogP contribution in [-0.4, -0.2) is 40.7 Å². The molecule has 28 heavy (non-hydrogen) atoms. The maximum absolute atomic E-state index is 7.00. The first-order valence-electron chi connectivity index (χ1n) is 11.1. The van der Waals surface area contributed by atoms with Crippen molar-refractivity contribution in [2.45, 2.75) is 62.2 Å². The van der Waals surface area contributed by atoms with E-state index in [2.05, 4.69) is 73.8 Å². The summed E-state index contributed by atoms with van der Waals surface area (Å²) in [7, 11) is -3.51. The molecule has 2 saturated heterocycles. The van der Waals surface area contributed by atoms with Gasteiger partial charge in [0.2, 0.25) is 0 Å². The molecule has 2 nitrogen and oxygen atoms in total. The fourth-order valence-corrected chi connectivity index (χ4v) is 18.2. The highest BCUT2D eigenvalue weighted by molar-refractivity contribution is 7.11. The van der Waals surface area contributed by atoms with Gasteiger partial charge in [-0.2, -0.15) is 0 Å². The van der Waals surface area contributed by atoms with Crippen molar-refractivity contribution in [3.8, 4) is 0 Å². The van der Waals surface area contributed by atoms with Crippen molar-refractivity contribution in [3.05, 3.63) is 60.7 Å². The van der Waals surface area contributed by atoms with E-state index in [0.29, 0.717) is 5.73 Å². The molecule has 0 spiro atoms. The fourth-order valence-electron chi connectivity index (χ4n) is 5.82. The van der Waals surface area contributed by atoms with Crippen LogP contribution in [0.15, 0.2) is 60.7 Å². The Morgan fingerprint density at radius 1 is 0.821 bits per heavy atom. The van der Waals surface area contributed by atoms with E-state index < -0.39 is 16.9 Å². The monoisotopic (exact) mass is 410 g/mol. The van der Waals surface area contributed by atoms with Crippen molar-refractivity contribution in [2.24, 2.45) is 0 Å². The molecule has 0 amide bonds. The first kappa shape index (κ1) is 20.1. The van der Waals surface area contributed by atoms with Crippen LogP contribution in [-0.2, 0) is 9.47 Å². The van der Waals surface area contributed by atoms with Gasteiger partial charge in [0.15, 0.2) is 8.07 Å². The normalized spacial score (nSPS) is 26.3. The van der Waals surface area contributed by atoms with Crippen LogP contribution in [0.25, 0.3) is 0 Å². The lowest BCUT2D eigenvalue weighted by atomic mass is 10.2. The molecule has 2 fully saturated rings. The average Bonchev–Trinajstić information content (AvgIpc) is 2.77.